The number of carbonyl (C=O) groups excluding carboxylic acids is 1. The maximum atomic E-state index is 13.1. The van der Waals surface area contributed by atoms with Crippen LogP contribution in [-0.2, 0) is 16.0 Å². The van der Waals surface area contributed by atoms with Crippen LogP contribution in [0, 0.1) is 0 Å². The van der Waals surface area contributed by atoms with Crippen molar-refractivity contribution in [3.8, 4) is 11.3 Å². The summed E-state index contributed by atoms with van der Waals surface area (Å²) in [6, 6.07) is 16.6. The number of anilines is 1. The number of nitrogens with zero attached hydrogens (tertiary/aromatic N) is 1. The molecule has 180 valence electrons. The second-order valence-corrected chi connectivity index (χ2v) is 10.5. The van der Waals surface area contributed by atoms with Gasteiger partial charge in [0.05, 0.1) is 20.6 Å². The van der Waals surface area contributed by atoms with Crippen molar-refractivity contribution >= 4 is 75.1 Å². The number of aliphatic carboxylic acids is 1. The summed E-state index contributed by atoms with van der Waals surface area (Å²) in [5, 5.41) is 9.62. The zero-order valence-corrected chi connectivity index (χ0v) is 21.6. The van der Waals surface area contributed by atoms with Gasteiger partial charge in [-0.25, -0.2) is 0 Å². The lowest BCUT2D eigenvalue weighted by molar-refractivity contribution is -0.137. The number of hydrogen-bond acceptors (Lipinski definition) is 5. The minimum atomic E-state index is -0.758. The lowest BCUT2D eigenvalue weighted by Gasteiger charge is -2.15. The van der Waals surface area contributed by atoms with E-state index >= 15 is 0 Å². The highest BCUT2D eigenvalue weighted by atomic mass is 35.5. The molecule has 1 aliphatic heterocycles. The maximum absolute atomic E-state index is 13.1. The van der Waals surface area contributed by atoms with Crippen molar-refractivity contribution in [2.45, 2.75) is 32.1 Å². The molecular weight excluding hydrogens is 525 g/mol. The van der Waals surface area contributed by atoms with Crippen LogP contribution in [0.3, 0.4) is 0 Å². The Hall–Kier alpha value is -2.58. The molecule has 0 bridgehead atoms. The number of benzene rings is 2. The average Bonchev–Trinajstić information content (AvgIpc) is 3.40. The summed E-state index contributed by atoms with van der Waals surface area (Å²) in [5.74, 6) is 0.188. The number of furan rings is 1. The Kier molecular flexibility index (Phi) is 8.34. The van der Waals surface area contributed by atoms with E-state index in [-0.39, 0.29) is 12.3 Å². The maximum Gasteiger partial charge on any atom is 0.303 e. The number of amides is 1. The number of thioether (sulfide) groups is 1. The van der Waals surface area contributed by atoms with Gasteiger partial charge in [0.15, 0.2) is 4.32 Å². The molecule has 1 aliphatic rings. The molecule has 0 spiro atoms. The Bertz CT molecular complexity index is 1300. The van der Waals surface area contributed by atoms with E-state index in [4.69, 9.17) is 44.9 Å². The third-order valence-corrected chi connectivity index (χ3v) is 7.49. The summed E-state index contributed by atoms with van der Waals surface area (Å²) in [4.78, 5) is 25.7. The Morgan fingerprint density at radius 3 is 2.51 bits per heavy atom. The number of hydrogen-bond donors (Lipinski definition) is 1. The molecule has 0 unspecified atom stereocenters. The van der Waals surface area contributed by atoms with Gasteiger partial charge in [0.2, 0.25) is 0 Å². The number of halogens is 2. The molecule has 0 atom stereocenters. The van der Waals surface area contributed by atoms with E-state index in [0.717, 1.165) is 30.4 Å². The zero-order valence-electron chi connectivity index (χ0n) is 18.5. The van der Waals surface area contributed by atoms with Crippen molar-refractivity contribution < 1.29 is 19.1 Å². The molecule has 35 heavy (non-hydrogen) atoms. The molecule has 1 aromatic heterocycles. The summed E-state index contributed by atoms with van der Waals surface area (Å²) in [5.41, 5.74) is 2.63. The number of carbonyl (C=O) groups is 2. The first-order chi connectivity index (χ1) is 16.8. The number of rotatable bonds is 9. The standard InChI is InChI=1S/C26H21Cl2NO4S2/c27-20-12-8-17(14-21(20)28)22-13-11-19(33-22)15-23-25(32)29(26(34)35-23)18-9-6-16(7-10-18)4-2-1-3-5-24(30)31/h6-15H,1-5H2,(H,30,31). The fraction of sp³-hybridized carbons (Fsp3) is 0.192. The summed E-state index contributed by atoms with van der Waals surface area (Å²) >= 11 is 18.8. The quantitative estimate of drug-likeness (QED) is 0.167. The second-order valence-electron chi connectivity index (χ2n) is 7.97. The van der Waals surface area contributed by atoms with Crippen LogP contribution in [0.5, 0.6) is 0 Å². The van der Waals surface area contributed by atoms with Gasteiger partial charge < -0.3 is 9.52 Å². The fourth-order valence-corrected chi connectivity index (χ4v) is 5.23. The molecule has 1 amide bonds. The first-order valence-corrected chi connectivity index (χ1v) is 12.9. The third kappa shape index (κ3) is 6.35. The van der Waals surface area contributed by atoms with Crippen LogP contribution in [0.1, 0.15) is 37.0 Å². The van der Waals surface area contributed by atoms with Crippen LogP contribution in [0.15, 0.2) is 63.9 Å². The Morgan fingerprint density at radius 1 is 1.03 bits per heavy atom. The largest absolute Gasteiger partial charge is 0.481 e. The van der Waals surface area contributed by atoms with Gasteiger partial charge in [0, 0.05) is 18.1 Å². The van der Waals surface area contributed by atoms with Crippen molar-refractivity contribution in [2.75, 3.05) is 4.90 Å². The van der Waals surface area contributed by atoms with E-state index in [9.17, 15) is 9.59 Å². The van der Waals surface area contributed by atoms with Crippen LogP contribution in [0.2, 0.25) is 10.0 Å². The second kappa shape index (κ2) is 11.4. The molecule has 2 aromatic carbocycles. The van der Waals surface area contributed by atoms with Crippen LogP contribution < -0.4 is 4.90 Å². The number of unbranched alkanes of at least 4 members (excludes halogenated alkanes) is 2. The van der Waals surface area contributed by atoms with Gasteiger partial charge in [0.25, 0.3) is 5.91 Å². The van der Waals surface area contributed by atoms with E-state index < -0.39 is 5.97 Å². The average molecular weight is 546 g/mol. The number of thiocarbonyl (C=S) groups is 1. The molecule has 0 aliphatic carbocycles. The predicted octanol–water partition coefficient (Wildman–Crippen LogP) is 7.85. The number of carboxylic acids is 1. The normalized spacial score (nSPS) is 14.8. The molecule has 1 fully saturated rings. The van der Waals surface area contributed by atoms with Gasteiger partial charge in [-0.3, -0.25) is 14.5 Å². The molecule has 9 heteroatoms. The lowest BCUT2D eigenvalue weighted by Crippen LogP contribution is -2.27. The topological polar surface area (TPSA) is 70.8 Å². The van der Waals surface area contributed by atoms with Crippen molar-refractivity contribution in [2.24, 2.45) is 0 Å². The van der Waals surface area contributed by atoms with Gasteiger partial charge in [-0.1, -0.05) is 65.7 Å². The molecule has 0 saturated carbocycles. The minimum Gasteiger partial charge on any atom is -0.481 e. The minimum absolute atomic E-state index is 0.200. The molecule has 1 N–H and O–H groups in total. The van der Waals surface area contributed by atoms with Crippen molar-refractivity contribution in [3.63, 3.8) is 0 Å². The zero-order chi connectivity index (χ0) is 24.9. The smallest absolute Gasteiger partial charge is 0.303 e. The SMILES string of the molecule is O=C(O)CCCCCc1ccc(N2C(=O)C(=Cc3ccc(-c4ccc(Cl)c(Cl)c4)o3)SC2=S)cc1. The third-order valence-electron chi connectivity index (χ3n) is 5.45. The number of carboxylic acid groups (broad SMARTS) is 1. The van der Waals surface area contributed by atoms with Crippen molar-refractivity contribution in [1.29, 1.82) is 0 Å². The first kappa shape index (κ1) is 25.5. The summed E-state index contributed by atoms with van der Waals surface area (Å²) < 4.78 is 6.35. The Morgan fingerprint density at radius 2 is 1.80 bits per heavy atom. The van der Waals surface area contributed by atoms with Gasteiger partial charge in [0.1, 0.15) is 11.5 Å². The molecule has 4 rings (SSSR count). The van der Waals surface area contributed by atoms with Crippen LogP contribution in [-0.4, -0.2) is 21.3 Å². The van der Waals surface area contributed by atoms with Gasteiger partial charge in [-0.2, -0.15) is 0 Å². The predicted molar refractivity (Wildman–Crippen MR) is 146 cm³/mol. The highest BCUT2D eigenvalue weighted by molar-refractivity contribution is 8.27. The Labute approximate surface area is 222 Å². The summed E-state index contributed by atoms with van der Waals surface area (Å²) in [6.45, 7) is 0. The number of aryl methyl sites for hydroxylation is 1. The van der Waals surface area contributed by atoms with Crippen molar-refractivity contribution in [3.05, 3.63) is 80.9 Å². The van der Waals surface area contributed by atoms with Crippen LogP contribution in [0.4, 0.5) is 5.69 Å². The van der Waals surface area contributed by atoms with Crippen LogP contribution in [0.25, 0.3) is 17.4 Å². The van der Waals surface area contributed by atoms with Crippen LogP contribution >= 0.6 is 47.2 Å². The monoisotopic (exact) mass is 545 g/mol. The molecule has 0 radical (unpaired) electrons. The highest BCUT2D eigenvalue weighted by Crippen LogP contribution is 2.37. The van der Waals surface area contributed by atoms with E-state index in [1.54, 1.807) is 24.3 Å². The first-order valence-electron chi connectivity index (χ1n) is 11.0. The molecule has 1 saturated heterocycles. The van der Waals surface area contributed by atoms with E-state index in [1.807, 2.05) is 36.4 Å². The van der Waals surface area contributed by atoms with Gasteiger partial charge in [-0.15, -0.1) is 0 Å². The van der Waals surface area contributed by atoms with E-state index in [2.05, 4.69) is 0 Å². The summed E-state index contributed by atoms with van der Waals surface area (Å²) in [7, 11) is 0. The van der Waals surface area contributed by atoms with Gasteiger partial charge in [-0.05, 0) is 67.3 Å². The molecule has 3 aromatic rings. The Balaban J connectivity index is 1.41. The fourth-order valence-electron chi connectivity index (χ4n) is 3.65. The van der Waals surface area contributed by atoms with Crippen molar-refractivity contribution in [1.82, 2.24) is 0 Å². The molecule has 5 nitrogen and oxygen atoms in total. The molecule has 2 heterocycles. The van der Waals surface area contributed by atoms with E-state index in [0.29, 0.717) is 42.9 Å². The molecular formula is C26H21Cl2NO4S2. The lowest BCUT2D eigenvalue weighted by atomic mass is 10.1. The highest BCUT2D eigenvalue weighted by Gasteiger charge is 2.33. The summed E-state index contributed by atoms with van der Waals surface area (Å²) in [6.07, 6.45) is 5.22. The van der Waals surface area contributed by atoms with Gasteiger partial charge >= 0.3 is 5.97 Å². The van der Waals surface area contributed by atoms with E-state index in [1.165, 1.54) is 16.7 Å².